The number of nitrogens with zero attached hydrogens (tertiary/aromatic N) is 4. The molecule has 0 saturated carbocycles. The summed E-state index contributed by atoms with van der Waals surface area (Å²) in [6.45, 7) is 7.06. The SMILES string of the molecule is COC(=O)c1cn2c(cc1=O)-c1cc(OC)c(-c3ncn(CCCO)n3)cc1CC2C(C)(C)C. The predicted octanol–water partition coefficient (Wildman–Crippen LogP) is 3.09. The molecule has 1 aliphatic heterocycles. The average molecular weight is 467 g/mol. The highest BCUT2D eigenvalue weighted by atomic mass is 16.5. The zero-order valence-electron chi connectivity index (χ0n) is 20.2. The number of aliphatic hydroxyl groups is 1. The van der Waals surface area contributed by atoms with E-state index in [0.29, 0.717) is 31.0 Å². The highest BCUT2D eigenvalue weighted by molar-refractivity contribution is 5.89. The lowest BCUT2D eigenvalue weighted by Crippen LogP contribution is -2.33. The predicted molar refractivity (Wildman–Crippen MR) is 127 cm³/mol. The lowest BCUT2D eigenvalue weighted by atomic mass is 9.78. The van der Waals surface area contributed by atoms with Crippen molar-refractivity contribution in [2.45, 2.75) is 46.2 Å². The summed E-state index contributed by atoms with van der Waals surface area (Å²) in [4.78, 5) is 29.5. The van der Waals surface area contributed by atoms with Gasteiger partial charge in [0.15, 0.2) is 11.3 Å². The average Bonchev–Trinajstić information content (AvgIpc) is 3.28. The first-order valence-corrected chi connectivity index (χ1v) is 11.2. The number of hydrogen-bond donors (Lipinski definition) is 1. The van der Waals surface area contributed by atoms with Crippen LogP contribution >= 0.6 is 0 Å². The molecule has 9 heteroatoms. The third-order valence-electron chi connectivity index (χ3n) is 6.26. The van der Waals surface area contributed by atoms with Crippen molar-refractivity contribution in [1.29, 1.82) is 0 Å². The van der Waals surface area contributed by atoms with Crippen LogP contribution in [0.1, 0.15) is 49.2 Å². The summed E-state index contributed by atoms with van der Waals surface area (Å²) in [6, 6.07) is 5.43. The number of aliphatic hydroxyl groups excluding tert-OH is 1. The molecular formula is C25H30N4O5. The highest BCUT2D eigenvalue weighted by Gasteiger charge is 2.34. The van der Waals surface area contributed by atoms with Gasteiger partial charge in [-0.15, -0.1) is 0 Å². The van der Waals surface area contributed by atoms with Crippen molar-refractivity contribution in [2.24, 2.45) is 5.41 Å². The van der Waals surface area contributed by atoms with Crippen LogP contribution in [0.5, 0.6) is 5.75 Å². The lowest BCUT2D eigenvalue weighted by Gasteiger charge is -2.39. The molecule has 3 aromatic rings. The first-order valence-electron chi connectivity index (χ1n) is 11.2. The van der Waals surface area contributed by atoms with E-state index in [-0.39, 0.29) is 29.1 Å². The molecule has 0 saturated heterocycles. The van der Waals surface area contributed by atoms with E-state index >= 15 is 0 Å². The van der Waals surface area contributed by atoms with Crippen LogP contribution in [0.15, 0.2) is 35.5 Å². The van der Waals surface area contributed by atoms with Crippen LogP contribution in [0.3, 0.4) is 0 Å². The molecule has 9 nitrogen and oxygen atoms in total. The maximum atomic E-state index is 12.8. The third-order valence-corrected chi connectivity index (χ3v) is 6.26. The molecule has 2 aromatic heterocycles. The molecule has 3 heterocycles. The van der Waals surface area contributed by atoms with Crippen LogP contribution in [0.2, 0.25) is 0 Å². The zero-order chi connectivity index (χ0) is 24.6. The Morgan fingerprint density at radius 2 is 1.97 bits per heavy atom. The van der Waals surface area contributed by atoms with Gasteiger partial charge in [0, 0.05) is 37.0 Å². The normalized spacial score (nSPS) is 14.9. The minimum absolute atomic E-state index is 0.00433. The maximum absolute atomic E-state index is 12.8. The van der Waals surface area contributed by atoms with Gasteiger partial charge in [0.1, 0.15) is 17.6 Å². The van der Waals surface area contributed by atoms with E-state index in [9.17, 15) is 9.59 Å². The van der Waals surface area contributed by atoms with Crippen LogP contribution in [0.25, 0.3) is 22.6 Å². The molecule has 0 spiro atoms. The molecule has 1 aromatic carbocycles. The summed E-state index contributed by atoms with van der Waals surface area (Å²) < 4.78 is 14.2. The maximum Gasteiger partial charge on any atom is 0.343 e. The number of rotatable bonds is 6. The van der Waals surface area contributed by atoms with E-state index < -0.39 is 5.97 Å². The quantitative estimate of drug-likeness (QED) is 0.556. The summed E-state index contributed by atoms with van der Waals surface area (Å²) in [5.74, 6) is 0.479. The number of methoxy groups -OCH3 is 2. The van der Waals surface area contributed by atoms with Gasteiger partial charge in [-0.1, -0.05) is 20.8 Å². The van der Waals surface area contributed by atoms with Crippen LogP contribution in [0.4, 0.5) is 0 Å². The Hall–Kier alpha value is -3.46. The van der Waals surface area contributed by atoms with Crippen molar-refractivity contribution < 1.29 is 19.4 Å². The van der Waals surface area contributed by atoms with Gasteiger partial charge >= 0.3 is 5.97 Å². The largest absolute Gasteiger partial charge is 0.496 e. The summed E-state index contributed by atoms with van der Waals surface area (Å²) in [5, 5.41) is 13.6. The smallest absolute Gasteiger partial charge is 0.343 e. The summed E-state index contributed by atoms with van der Waals surface area (Å²) in [5.41, 5.74) is 2.89. The van der Waals surface area contributed by atoms with Crippen molar-refractivity contribution in [3.05, 3.63) is 52.1 Å². The van der Waals surface area contributed by atoms with Crippen molar-refractivity contribution >= 4 is 5.97 Å². The Morgan fingerprint density at radius 1 is 1.21 bits per heavy atom. The molecule has 4 rings (SSSR count). The number of aromatic nitrogens is 4. The number of esters is 1. The standard InChI is InChI=1S/C25H30N4O5/c1-25(2,3)22-10-15-9-17(23-26-14-28(27-23)7-6-8-30)21(33-4)11-16(15)19-12-20(31)18(13-29(19)22)24(32)34-5/h9,11-14,22,30H,6-8,10H2,1-5H3. The van der Waals surface area contributed by atoms with Gasteiger partial charge in [0.2, 0.25) is 0 Å². The molecular weight excluding hydrogens is 436 g/mol. The summed E-state index contributed by atoms with van der Waals surface area (Å²) in [6.07, 6.45) is 4.55. The third kappa shape index (κ3) is 4.23. The van der Waals surface area contributed by atoms with Gasteiger partial charge in [-0.05, 0) is 36.0 Å². The second-order valence-corrected chi connectivity index (χ2v) is 9.54. The van der Waals surface area contributed by atoms with E-state index in [1.54, 1.807) is 24.3 Å². The van der Waals surface area contributed by atoms with E-state index in [1.165, 1.54) is 13.2 Å². The number of benzene rings is 1. The Labute approximate surface area is 198 Å². The van der Waals surface area contributed by atoms with Gasteiger partial charge in [0.25, 0.3) is 0 Å². The molecule has 0 bridgehead atoms. The molecule has 34 heavy (non-hydrogen) atoms. The van der Waals surface area contributed by atoms with E-state index in [0.717, 1.165) is 22.4 Å². The number of carbonyl (C=O) groups is 1. The molecule has 1 atom stereocenters. The van der Waals surface area contributed by atoms with Crippen molar-refractivity contribution in [1.82, 2.24) is 19.3 Å². The summed E-state index contributed by atoms with van der Waals surface area (Å²) in [7, 11) is 2.86. The van der Waals surface area contributed by atoms with Gasteiger partial charge in [-0.3, -0.25) is 9.48 Å². The first-order chi connectivity index (χ1) is 16.2. The fraction of sp³-hybridized carbons (Fsp3) is 0.440. The van der Waals surface area contributed by atoms with E-state index in [2.05, 4.69) is 30.9 Å². The molecule has 0 radical (unpaired) electrons. The second-order valence-electron chi connectivity index (χ2n) is 9.54. The fourth-order valence-corrected chi connectivity index (χ4v) is 4.45. The lowest BCUT2D eigenvalue weighted by molar-refractivity contribution is 0.0597. The Kier molecular flexibility index (Phi) is 6.31. The van der Waals surface area contributed by atoms with E-state index in [1.807, 2.05) is 16.7 Å². The zero-order valence-corrected chi connectivity index (χ0v) is 20.2. The molecule has 1 N–H and O–H groups in total. The number of hydrogen-bond acceptors (Lipinski definition) is 7. The van der Waals surface area contributed by atoms with Gasteiger partial charge < -0.3 is 19.1 Å². The van der Waals surface area contributed by atoms with E-state index in [4.69, 9.17) is 14.6 Å². The van der Waals surface area contributed by atoms with Crippen molar-refractivity contribution in [3.8, 4) is 28.4 Å². The Balaban J connectivity index is 1.89. The van der Waals surface area contributed by atoms with Crippen LogP contribution < -0.4 is 10.2 Å². The molecule has 0 fully saturated rings. The first kappa shape index (κ1) is 23.7. The monoisotopic (exact) mass is 466 g/mol. The number of ether oxygens (including phenoxy) is 2. The van der Waals surface area contributed by atoms with Gasteiger partial charge in [-0.2, -0.15) is 5.10 Å². The van der Waals surface area contributed by atoms with Crippen molar-refractivity contribution in [3.63, 3.8) is 0 Å². The van der Waals surface area contributed by atoms with Gasteiger partial charge in [0.05, 0.1) is 25.5 Å². The van der Waals surface area contributed by atoms with Crippen LogP contribution in [-0.2, 0) is 17.7 Å². The number of aryl methyl sites for hydroxylation is 1. The second kappa shape index (κ2) is 9.06. The number of fused-ring (bicyclic) bond motifs is 3. The molecule has 1 aliphatic rings. The molecule has 0 amide bonds. The molecule has 1 unspecified atom stereocenters. The number of carbonyl (C=O) groups excluding carboxylic acids is 1. The molecule has 0 aliphatic carbocycles. The van der Waals surface area contributed by atoms with Crippen LogP contribution in [0, 0.1) is 5.41 Å². The van der Waals surface area contributed by atoms with Crippen LogP contribution in [-0.4, -0.2) is 51.2 Å². The Morgan fingerprint density at radius 3 is 2.62 bits per heavy atom. The molecule has 180 valence electrons. The topological polar surface area (TPSA) is 108 Å². The number of pyridine rings is 1. The Bertz CT molecular complexity index is 1290. The fourth-order valence-electron chi connectivity index (χ4n) is 4.45. The summed E-state index contributed by atoms with van der Waals surface area (Å²) >= 11 is 0. The minimum atomic E-state index is -0.644. The highest BCUT2D eigenvalue weighted by Crippen LogP contribution is 2.45. The van der Waals surface area contributed by atoms with Crippen molar-refractivity contribution in [2.75, 3.05) is 20.8 Å². The minimum Gasteiger partial charge on any atom is -0.496 e. The van der Waals surface area contributed by atoms with Gasteiger partial charge in [-0.25, -0.2) is 9.78 Å².